The van der Waals surface area contributed by atoms with Gasteiger partial charge in [-0.1, -0.05) is 16.5 Å². The minimum absolute atomic E-state index is 0.0150. The standard InChI is InChI=1S/C10H8F2N4O3S/c11-7(12)9-14-15-10(20-9)13-8(17)6-4-3-18-2-1-5(4)19-16-6/h7H,1-3H2,(H,13,15,17). The predicted octanol–water partition coefficient (Wildman–Crippen LogP) is 1.79. The molecule has 0 saturated carbocycles. The summed E-state index contributed by atoms with van der Waals surface area (Å²) < 4.78 is 35.0. The number of alkyl halides is 2. The number of nitrogens with one attached hydrogen (secondary N) is 1. The molecule has 3 rings (SSSR count). The van der Waals surface area contributed by atoms with E-state index in [2.05, 4.69) is 20.7 Å². The Hall–Kier alpha value is -1.94. The van der Waals surface area contributed by atoms with Crippen LogP contribution in [0.1, 0.15) is 33.2 Å². The minimum atomic E-state index is -2.72. The lowest BCUT2D eigenvalue weighted by Crippen LogP contribution is -2.17. The van der Waals surface area contributed by atoms with Gasteiger partial charge in [-0.05, 0) is 0 Å². The maximum atomic E-state index is 12.4. The van der Waals surface area contributed by atoms with Gasteiger partial charge in [-0.2, -0.15) is 0 Å². The summed E-state index contributed by atoms with van der Waals surface area (Å²) in [5.74, 6) is 0.0180. The average molecular weight is 302 g/mol. The summed E-state index contributed by atoms with van der Waals surface area (Å²) in [6.07, 6.45) is -2.17. The first-order valence-corrected chi connectivity index (χ1v) is 6.45. The van der Waals surface area contributed by atoms with Crippen LogP contribution in [0.4, 0.5) is 13.9 Å². The molecule has 1 aliphatic rings. The Morgan fingerprint density at radius 1 is 1.40 bits per heavy atom. The molecule has 0 fully saturated rings. The SMILES string of the molecule is O=C(Nc1nnc(C(F)F)s1)c1noc2c1COCC2. The van der Waals surface area contributed by atoms with Crippen molar-refractivity contribution < 1.29 is 22.8 Å². The fraction of sp³-hybridized carbons (Fsp3) is 0.400. The van der Waals surface area contributed by atoms with Gasteiger partial charge in [0.2, 0.25) is 5.13 Å². The first kappa shape index (κ1) is 13.1. The van der Waals surface area contributed by atoms with E-state index in [0.29, 0.717) is 35.7 Å². The third-order valence-electron chi connectivity index (χ3n) is 2.65. The van der Waals surface area contributed by atoms with Crippen molar-refractivity contribution in [3.8, 4) is 0 Å². The van der Waals surface area contributed by atoms with E-state index in [1.807, 2.05) is 0 Å². The van der Waals surface area contributed by atoms with Crippen LogP contribution in [0.3, 0.4) is 0 Å². The van der Waals surface area contributed by atoms with Gasteiger partial charge in [-0.3, -0.25) is 10.1 Å². The first-order valence-electron chi connectivity index (χ1n) is 5.63. The molecule has 1 aliphatic heterocycles. The molecular formula is C10H8F2N4O3S. The number of carbonyl (C=O) groups is 1. The predicted molar refractivity (Wildman–Crippen MR) is 62.7 cm³/mol. The summed E-state index contributed by atoms with van der Waals surface area (Å²) in [6.45, 7) is 0.747. The van der Waals surface area contributed by atoms with E-state index in [-0.39, 0.29) is 17.4 Å². The number of amides is 1. The second-order valence-corrected chi connectivity index (χ2v) is 4.94. The van der Waals surface area contributed by atoms with Gasteiger partial charge < -0.3 is 9.26 Å². The van der Waals surface area contributed by atoms with Crippen LogP contribution < -0.4 is 5.32 Å². The van der Waals surface area contributed by atoms with Crippen LogP contribution in [-0.2, 0) is 17.8 Å². The van der Waals surface area contributed by atoms with E-state index in [9.17, 15) is 13.6 Å². The average Bonchev–Trinajstić information content (AvgIpc) is 3.04. The lowest BCUT2D eigenvalue weighted by Gasteiger charge is -2.09. The van der Waals surface area contributed by atoms with Crippen molar-refractivity contribution in [1.29, 1.82) is 0 Å². The fourth-order valence-corrected chi connectivity index (χ4v) is 2.33. The molecular weight excluding hydrogens is 294 g/mol. The highest BCUT2D eigenvalue weighted by atomic mass is 32.1. The molecule has 0 atom stereocenters. The zero-order valence-corrected chi connectivity index (χ0v) is 10.7. The molecule has 3 heterocycles. The second kappa shape index (κ2) is 5.21. The Labute approximate surface area is 114 Å². The summed E-state index contributed by atoms with van der Waals surface area (Å²) in [4.78, 5) is 12.0. The lowest BCUT2D eigenvalue weighted by atomic mass is 10.1. The van der Waals surface area contributed by atoms with Gasteiger partial charge in [-0.25, -0.2) is 8.78 Å². The number of rotatable bonds is 3. The van der Waals surface area contributed by atoms with Crippen molar-refractivity contribution in [1.82, 2.24) is 15.4 Å². The fourth-order valence-electron chi connectivity index (χ4n) is 1.74. The summed E-state index contributed by atoms with van der Waals surface area (Å²) in [5, 5.41) is 12.3. The van der Waals surface area contributed by atoms with Crippen LogP contribution in [-0.4, -0.2) is 27.9 Å². The van der Waals surface area contributed by atoms with Gasteiger partial charge in [0, 0.05) is 6.42 Å². The van der Waals surface area contributed by atoms with E-state index in [1.54, 1.807) is 0 Å². The number of hydrogen-bond donors (Lipinski definition) is 1. The molecule has 7 nitrogen and oxygen atoms in total. The van der Waals surface area contributed by atoms with Crippen LogP contribution in [0.25, 0.3) is 0 Å². The molecule has 2 aromatic rings. The number of fused-ring (bicyclic) bond motifs is 1. The van der Waals surface area contributed by atoms with Crippen molar-refractivity contribution in [3.63, 3.8) is 0 Å². The van der Waals surface area contributed by atoms with Gasteiger partial charge >= 0.3 is 0 Å². The molecule has 2 aromatic heterocycles. The van der Waals surface area contributed by atoms with E-state index < -0.39 is 17.3 Å². The highest BCUT2D eigenvalue weighted by Crippen LogP contribution is 2.26. The maximum absolute atomic E-state index is 12.4. The Kier molecular flexibility index (Phi) is 3.40. The van der Waals surface area contributed by atoms with Crippen molar-refractivity contribution in [3.05, 3.63) is 22.0 Å². The van der Waals surface area contributed by atoms with Gasteiger partial charge in [0.05, 0.1) is 18.8 Å². The van der Waals surface area contributed by atoms with Gasteiger partial charge in [-0.15, -0.1) is 10.2 Å². The molecule has 20 heavy (non-hydrogen) atoms. The van der Waals surface area contributed by atoms with Crippen LogP contribution >= 0.6 is 11.3 Å². The first-order chi connectivity index (χ1) is 9.65. The highest BCUT2D eigenvalue weighted by molar-refractivity contribution is 7.15. The molecule has 1 amide bonds. The molecule has 0 aromatic carbocycles. The maximum Gasteiger partial charge on any atom is 0.291 e. The number of hydrogen-bond acceptors (Lipinski definition) is 7. The zero-order valence-electron chi connectivity index (χ0n) is 9.93. The Bertz CT molecular complexity index is 642. The van der Waals surface area contributed by atoms with Gasteiger partial charge in [0.15, 0.2) is 10.7 Å². The number of carbonyl (C=O) groups excluding carboxylic acids is 1. The Morgan fingerprint density at radius 3 is 3.00 bits per heavy atom. The smallest absolute Gasteiger partial charge is 0.291 e. The molecule has 0 radical (unpaired) electrons. The molecule has 0 saturated heterocycles. The topological polar surface area (TPSA) is 90.1 Å². The molecule has 1 N–H and O–H groups in total. The summed E-state index contributed by atoms with van der Waals surface area (Å²) in [6, 6.07) is 0. The second-order valence-electron chi connectivity index (χ2n) is 3.94. The summed E-state index contributed by atoms with van der Waals surface area (Å²) in [5.41, 5.74) is 0.654. The van der Waals surface area contributed by atoms with Crippen molar-refractivity contribution in [2.24, 2.45) is 0 Å². The third-order valence-corrected chi connectivity index (χ3v) is 3.50. The van der Waals surface area contributed by atoms with Crippen LogP contribution in [0.5, 0.6) is 0 Å². The van der Waals surface area contributed by atoms with Crippen LogP contribution in [0, 0.1) is 0 Å². The van der Waals surface area contributed by atoms with Crippen molar-refractivity contribution >= 4 is 22.4 Å². The number of halogens is 2. The molecule has 0 spiro atoms. The number of anilines is 1. The molecule has 0 unspecified atom stereocenters. The Morgan fingerprint density at radius 2 is 2.25 bits per heavy atom. The minimum Gasteiger partial charge on any atom is -0.376 e. The van der Waals surface area contributed by atoms with Crippen LogP contribution in [0.2, 0.25) is 0 Å². The monoisotopic (exact) mass is 302 g/mol. The zero-order chi connectivity index (χ0) is 14.1. The number of nitrogens with zero attached hydrogens (tertiary/aromatic N) is 3. The molecule has 0 aliphatic carbocycles. The molecule has 106 valence electrons. The van der Waals surface area contributed by atoms with Crippen molar-refractivity contribution in [2.45, 2.75) is 19.5 Å². The van der Waals surface area contributed by atoms with Crippen molar-refractivity contribution in [2.75, 3.05) is 11.9 Å². The molecule has 0 bridgehead atoms. The summed E-state index contributed by atoms with van der Waals surface area (Å²) >= 11 is 0.610. The number of aromatic nitrogens is 3. The quantitative estimate of drug-likeness (QED) is 0.929. The summed E-state index contributed by atoms with van der Waals surface area (Å²) in [7, 11) is 0. The van der Waals surface area contributed by atoms with E-state index >= 15 is 0 Å². The Balaban J connectivity index is 1.77. The van der Waals surface area contributed by atoms with Crippen LogP contribution in [0.15, 0.2) is 4.52 Å². The van der Waals surface area contributed by atoms with Gasteiger partial charge in [0.1, 0.15) is 5.76 Å². The largest absolute Gasteiger partial charge is 0.376 e. The third kappa shape index (κ3) is 2.39. The van der Waals surface area contributed by atoms with E-state index in [1.165, 1.54) is 0 Å². The molecule has 10 heteroatoms. The normalized spacial score (nSPS) is 14.3. The highest BCUT2D eigenvalue weighted by Gasteiger charge is 2.25. The lowest BCUT2D eigenvalue weighted by molar-refractivity contribution is 0.0976. The van der Waals surface area contributed by atoms with E-state index in [4.69, 9.17) is 9.26 Å². The van der Waals surface area contributed by atoms with E-state index in [0.717, 1.165) is 0 Å². The number of ether oxygens (including phenoxy) is 1. The van der Waals surface area contributed by atoms with Gasteiger partial charge in [0.25, 0.3) is 12.3 Å².